The fourth-order valence-corrected chi connectivity index (χ4v) is 3.32. The Labute approximate surface area is 144 Å². The van der Waals surface area contributed by atoms with E-state index in [-0.39, 0.29) is 23.3 Å². The molecule has 0 saturated carbocycles. The normalized spacial score (nSPS) is 15.4. The molecule has 0 atom stereocenters. The van der Waals surface area contributed by atoms with Crippen molar-refractivity contribution in [3.63, 3.8) is 0 Å². The molecule has 25 heavy (non-hydrogen) atoms. The monoisotopic (exact) mass is 345 g/mol. The number of rotatable bonds is 3. The summed E-state index contributed by atoms with van der Waals surface area (Å²) in [7, 11) is 0. The predicted molar refractivity (Wildman–Crippen MR) is 89.2 cm³/mol. The predicted octanol–water partition coefficient (Wildman–Crippen LogP) is 2.81. The van der Waals surface area contributed by atoms with Gasteiger partial charge in [-0.3, -0.25) is 9.48 Å². The molecule has 1 saturated heterocycles. The molecule has 0 unspecified atom stereocenters. The summed E-state index contributed by atoms with van der Waals surface area (Å²) in [6, 6.07) is 4.59. The minimum Gasteiger partial charge on any atom is -0.478 e. The van der Waals surface area contributed by atoms with E-state index in [0.717, 1.165) is 0 Å². The molecule has 1 aliphatic heterocycles. The van der Waals surface area contributed by atoms with E-state index >= 15 is 0 Å². The molecule has 2 heterocycles. The van der Waals surface area contributed by atoms with Crippen molar-refractivity contribution in [2.45, 2.75) is 32.7 Å². The van der Waals surface area contributed by atoms with Gasteiger partial charge >= 0.3 is 5.97 Å². The molecule has 1 fully saturated rings. The highest BCUT2D eigenvalue weighted by atomic mass is 19.1. The molecule has 0 radical (unpaired) electrons. The van der Waals surface area contributed by atoms with Crippen LogP contribution in [-0.4, -0.2) is 44.8 Å². The maximum Gasteiger partial charge on any atom is 0.339 e. The molecule has 1 aromatic carbocycles. The first kappa shape index (κ1) is 17.1. The lowest BCUT2D eigenvalue weighted by atomic mass is 10.0. The number of likely N-dealkylation sites (tertiary alicyclic amines) is 1. The number of aromatic nitrogens is 2. The average Bonchev–Trinajstić information content (AvgIpc) is 2.98. The van der Waals surface area contributed by atoms with Gasteiger partial charge in [-0.1, -0.05) is 6.07 Å². The standard InChI is InChI=1S/C18H20FN3O3/c1-11-14(4-3-5-16(11)19)17(23)21-8-6-13(7-9-21)22-12(2)15(10-20-22)18(24)25/h3-5,10,13H,6-9H2,1-2H3,(H,24,25). The number of piperidine rings is 1. The molecule has 0 aliphatic carbocycles. The number of carboxylic acid groups (broad SMARTS) is 1. The summed E-state index contributed by atoms with van der Waals surface area (Å²) in [6.45, 7) is 4.41. The van der Waals surface area contributed by atoms with Crippen LogP contribution in [0.1, 0.15) is 50.9 Å². The Morgan fingerprint density at radius 3 is 2.48 bits per heavy atom. The third-order valence-electron chi connectivity index (χ3n) is 4.87. The van der Waals surface area contributed by atoms with Crippen molar-refractivity contribution in [2.75, 3.05) is 13.1 Å². The number of aromatic carboxylic acids is 1. The van der Waals surface area contributed by atoms with Crippen LogP contribution in [0.15, 0.2) is 24.4 Å². The number of hydrogen-bond acceptors (Lipinski definition) is 3. The molecule has 1 aromatic heterocycles. The Balaban J connectivity index is 1.71. The third kappa shape index (κ3) is 3.14. The highest BCUT2D eigenvalue weighted by Gasteiger charge is 2.27. The molecule has 132 valence electrons. The molecule has 7 heteroatoms. The van der Waals surface area contributed by atoms with Crippen LogP contribution < -0.4 is 0 Å². The van der Waals surface area contributed by atoms with Crippen molar-refractivity contribution in [1.29, 1.82) is 0 Å². The summed E-state index contributed by atoms with van der Waals surface area (Å²) in [4.78, 5) is 25.5. The average molecular weight is 345 g/mol. The third-order valence-corrected chi connectivity index (χ3v) is 4.87. The van der Waals surface area contributed by atoms with E-state index in [1.807, 2.05) is 0 Å². The Hall–Kier alpha value is -2.70. The van der Waals surface area contributed by atoms with Crippen molar-refractivity contribution < 1.29 is 19.1 Å². The van der Waals surface area contributed by atoms with Gasteiger partial charge in [0.15, 0.2) is 0 Å². The van der Waals surface area contributed by atoms with E-state index < -0.39 is 5.97 Å². The molecular formula is C18H20FN3O3. The quantitative estimate of drug-likeness (QED) is 0.928. The number of benzene rings is 1. The zero-order valence-electron chi connectivity index (χ0n) is 14.2. The van der Waals surface area contributed by atoms with Crippen LogP contribution >= 0.6 is 0 Å². The summed E-state index contributed by atoms with van der Waals surface area (Å²) >= 11 is 0. The number of carbonyl (C=O) groups is 2. The number of carboxylic acids is 1. The maximum absolute atomic E-state index is 13.7. The van der Waals surface area contributed by atoms with Gasteiger partial charge in [-0.15, -0.1) is 0 Å². The van der Waals surface area contributed by atoms with Gasteiger partial charge in [-0.2, -0.15) is 5.10 Å². The highest BCUT2D eigenvalue weighted by molar-refractivity contribution is 5.95. The second kappa shape index (κ2) is 6.66. The molecule has 1 amide bonds. The van der Waals surface area contributed by atoms with E-state index in [2.05, 4.69) is 5.10 Å². The van der Waals surface area contributed by atoms with Gasteiger partial charge in [0, 0.05) is 18.7 Å². The minimum atomic E-state index is -0.988. The van der Waals surface area contributed by atoms with Crippen LogP contribution in [-0.2, 0) is 0 Å². The first-order valence-electron chi connectivity index (χ1n) is 8.22. The van der Waals surface area contributed by atoms with Crippen molar-refractivity contribution in [3.8, 4) is 0 Å². The maximum atomic E-state index is 13.7. The largest absolute Gasteiger partial charge is 0.478 e. The zero-order chi connectivity index (χ0) is 18.1. The molecule has 0 bridgehead atoms. The second-order valence-electron chi connectivity index (χ2n) is 6.33. The SMILES string of the molecule is Cc1c(F)cccc1C(=O)N1CCC(n2ncc(C(=O)O)c2C)CC1. The lowest BCUT2D eigenvalue weighted by molar-refractivity contribution is 0.0687. The first-order valence-corrected chi connectivity index (χ1v) is 8.22. The van der Waals surface area contributed by atoms with Crippen LogP contribution in [0.3, 0.4) is 0 Å². The summed E-state index contributed by atoms with van der Waals surface area (Å²) in [5.74, 6) is -1.54. The van der Waals surface area contributed by atoms with E-state index in [1.165, 1.54) is 12.3 Å². The van der Waals surface area contributed by atoms with Crippen LogP contribution in [0, 0.1) is 19.7 Å². The Kier molecular flexibility index (Phi) is 4.57. The Morgan fingerprint density at radius 2 is 1.88 bits per heavy atom. The van der Waals surface area contributed by atoms with E-state index in [1.54, 1.807) is 35.6 Å². The van der Waals surface area contributed by atoms with Crippen molar-refractivity contribution >= 4 is 11.9 Å². The van der Waals surface area contributed by atoms with Crippen LogP contribution in [0.4, 0.5) is 4.39 Å². The van der Waals surface area contributed by atoms with E-state index in [4.69, 9.17) is 5.11 Å². The number of carbonyl (C=O) groups excluding carboxylic acids is 1. The summed E-state index contributed by atoms with van der Waals surface area (Å²) in [6.07, 6.45) is 2.73. The van der Waals surface area contributed by atoms with Crippen LogP contribution in [0.5, 0.6) is 0 Å². The Bertz CT molecular complexity index is 823. The van der Waals surface area contributed by atoms with Gasteiger partial charge < -0.3 is 10.0 Å². The topological polar surface area (TPSA) is 75.4 Å². The number of hydrogen-bond donors (Lipinski definition) is 1. The van der Waals surface area contributed by atoms with Crippen LogP contribution in [0.25, 0.3) is 0 Å². The highest BCUT2D eigenvalue weighted by Crippen LogP contribution is 2.26. The molecule has 0 spiro atoms. The van der Waals surface area contributed by atoms with Gasteiger partial charge in [0.2, 0.25) is 0 Å². The van der Waals surface area contributed by atoms with Crippen molar-refractivity contribution in [3.05, 3.63) is 52.6 Å². The lowest BCUT2D eigenvalue weighted by Gasteiger charge is -2.33. The van der Waals surface area contributed by atoms with E-state index in [0.29, 0.717) is 42.8 Å². The molecule has 2 aromatic rings. The molecular weight excluding hydrogens is 325 g/mol. The molecule has 3 rings (SSSR count). The van der Waals surface area contributed by atoms with Crippen molar-refractivity contribution in [1.82, 2.24) is 14.7 Å². The van der Waals surface area contributed by atoms with Gasteiger partial charge in [0.1, 0.15) is 11.4 Å². The molecule has 1 N–H and O–H groups in total. The van der Waals surface area contributed by atoms with Crippen molar-refractivity contribution in [2.24, 2.45) is 0 Å². The van der Waals surface area contributed by atoms with Gasteiger partial charge in [-0.25, -0.2) is 9.18 Å². The zero-order valence-corrected chi connectivity index (χ0v) is 14.2. The van der Waals surface area contributed by atoms with E-state index in [9.17, 15) is 14.0 Å². The summed E-state index contributed by atoms with van der Waals surface area (Å²) in [5.41, 5.74) is 1.58. The fraction of sp³-hybridized carbons (Fsp3) is 0.389. The van der Waals surface area contributed by atoms with Crippen LogP contribution in [0.2, 0.25) is 0 Å². The first-order chi connectivity index (χ1) is 11.9. The number of nitrogens with zero attached hydrogens (tertiary/aromatic N) is 3. The number of amides is 1. The Morgan fingerprint density at radius 1 is 1.20 bits per heavy atom. The lowest BCUT2D eigenvalue weighted by Crippen LogP contribution is -2.39. The smallest absolute Gasteiger partial charge is 0.339 e. The summed E-state index contributed by atoms with van der Waals surface area (Å²) in [5, 5.41) is 13.3. The van der Waals surface area contributed by atoms with Gasteiger partial charge in [0.05, 0.1) is 17.9 Å². The minimum absolute atomic E-state index is 0.0609. The fourth-order valence-electron chi connectivity index (χ4n) is 3.32. The molecule has 1 aliphatic rings. The summed E-state index contributed by atoms with van der Waals surface area (Å²) < 4.78 is 15.4. The van der Waals surface area contributed by atoms with Gasteiger partial charge in [-0.05, 0) is 44.4 Å². The molecule has 6 nitrogen and oxygen atoms in total. The number of halogens is 1. The second-order valence-corrected chi connectivity index (χ2v) is 6.33. The van der Waals surface area contributed by atoms with Gasteiger partial charge in [0.25, 0.3) is 5.91 Å².